The molecule has 0 saturated heterocycles. The number of para-hydroxylation sites is 1. The highest BCUT2D eigenvalue weighted by molar-refractivity contribution is 5.37. The van der Waals surface area contributed by atoms with Crippen molar-refractivity contribution >= 4 is 0 Å². The highest BCUT2D eigenvalue weighted by atomic mass is 16.5. The molecule has 16 heavy (non-hydrogen) atoms. The van der Waals surface area contributed by atoms with Gasteiger partial charge in [0.25, 0.3) is 0 Å². The summed E-state index contributed by atoms with van der Waals surface area (Å²) < 4.78 is 5.77. The van der Waals surface area contributed by atoms with Crippen LogP contribution < -0.4 is 10.5 Å². The molecule has 0 aromatic heterocycles. The van der Waals surface area contributed by atoms with Gasteiger partial charge in [-0.25, -0.2) is 0 Å². The van der Waals surface area contributed by atoms with Gasteiger partial charge in [0.05, 0.1) is 0 Å². The van der Waals surface area contributed by atoms with E-state index < -0.39 is 0 Å². The van der Waals surface area contributed by atoms with E-state index in [2.05, 4.69) is 0 Å². The van der Waals surface area contributed by atoms with Gasteiger partial charge in [0.15, 0.2) is 0 Å². The van der Waals surface area contributed by atoms with Crippen LogP contribution in [0.2, 0.25) is 0 Å². The van der Waals surface area contributed by atoms with Crippen LogP contribution in [-0.2, 0) is 6.54 Å². The second-order valence-electron chi connectivity index (χ2n) is 3.72. The number of benzene rings is 2. The van der Waals surface area contributed by atoms with Crippen molar-refractivity contribution in [3.05, 3.63) is 59.7 Å². The molecule has 2 aromatic carbocycles. The van der Waals surface area contributed by atoms with E-state index in [0.29, 0.717) is 6.54 Å². The number of aryl methyl sites for hydroxylation is 1. The summed E-state index contributed by atoms with van der Waals surface area (Å²) in [5.74, 6) is 1.73. The van der Waals surface area contributed by atoms with Crippen LogP contribution in [-0.4, -0.2) is 0 Å². The van der Waals surface area contributed by atoms with Crippen LogP contribution in [0.25, 0.3) is 0 Å². The number of ether oxygens (including phenoxy) is 1. The lowest BCUT2D eigenvalue weighted by molar-refractivity contribution is 0.478. The quantitative estimate of drug-likeness (QED) is 0.849. The summed E-state index contributed by atoms with van der Waals surface area (Å²) in [7, 11) is 0. The van der Waals surface area contributed by atoms with Gasteiger partial charge in [-0.2, -0.15) is 0 Å². The summed E-state index contributed by atoms with van der Waals surface area (Å²) in [4.78, 5) is 0. The molecule has 0 spiro atoms. The maximum Gasteiger partial charge on any atom is 0.130 e. The van der Waals surface area contributed by atoms with Crippen molar-refractivity contribution in [3.8, 4) is 11.5 Å². The van der Waals surface area contributed by atoms with E-state index in [4.69, 9.17) is 10.5 Å². The third-order valence-electron chi connectivity index (χ3n) is 2.48. The first-order chi connectivity index (χ1) is 7.79. The van der Waals surface area contributed by atoms with Gasteiger partial charge in [0, 0.05) is 6.54 Å². The maximum atomic E-state index is 5.77. The fourth-order valence-corrected chi connectivity index (χ4v) is 1.49. The summed E-state index contributed by atoms with van der Waals surface area (Å²) in [5, 5.41) is 0. The van der Waals surface area contributed by atoms with Gasteiger partial charge in [-0.1, -0.05) is 30.3 Å². The Bertz CT molecular complexity index is 462. The van der Waals surface area contributed by atoms with Crippen molar-refractivity contribution in [2.24, 2.45) is 5.73 Å². The zero-order valence-corrected chi connectivity index (χ0v) is 9.31. The standard InChI is InChI=1S/C14H15NO/c1-11-4-2-3-5-14(11)16-13-8-6-12(10-15)7-9-13/h2-9H,10,15H2,1H3. The minimum Gasteiger partial charge on any atom is -0.457 e. The molecule has 2 N–H and O–H groups in total. The van der Waals surface area contributed by atoms with E-state index in [9.17, 15) is 0 Å². The largest absolute Gasteiger partial charge is 0.457 e. The minimum absolute atomic E-state index is 0.560. The van der Waals surface area contributed by atoms with Gasteiger partial charge in [-0.05, 0) is 36.2 Å². The fraction of sp³-hybridized carbons (Fsp3) is 0.143. The second-order valence-corrected chi connectivity index (χ2v) is 3.72. The van der Waals surface area contributed by atoms with Crippen molar-refractivity contribution in [2.45, 2.75) is 13.5 Å². The van der Waals surface area contributed by atoms with Gasteiger partial charge in [0.1, 0.15) is 11.5 Å². The molecule has 2 nitrogen and oxygen atoms in total. The lowest BCUT2D eigenvalue weighted by atomic mass is 10.2. The second kappa shape index (κ2) is 4.81. The minimum atomic E-state index is 0.560. The van der Waals surface area contributed by atoms with Gasteiger partial charge < -0.3 is 10.5 Å². The summed E-state index contributed by atoms with van der Waals surface area (Å²) in [5.41, 5.74) is 7.77. The molecule has 0 amide bonds. The van der Waals surface area contributed by atoms with Crippen LogP contribution in [0.3, 0.4) is 0 Å². The van der Waals surface area contributed by atoms with Crippen LogP contribution in [0.15, 0.2) is 48.5 Å². The molecule has 0 heterocycles. The zero-order valence-electron chi connectivity index (χ0n) is 9.31. The molecule has 0 fully saturated rings. The van der Waals surface area contributed by atoms with E-state index in [1.807, 2.05) is 55.5 Å². The predicted molar refractivity (Wildman–Crippen MR) is 65.6 cm³/mol. The van der Waals surface area contributed by atoms with Gasteiger partial charge in [-0.3, -0.25) is 0 Å². The van der Waals surface area contributed by atoms with Crippen molar-refractivity contribution in [1.82, 2.24) is 0 Å². The van der Waals surface area contributed by atoms with E-state index in [-0.39, 0.29) is 0 Å². The molecule has 0 saturated carbocycles. The first-order valence-corrected chi connectivity index (χ1v) is 5.32. The normalized spacial score (nSPS) is 10.1. The third-order valence-corrected chi connectivity index (χ3v) is 2.48. The predicted octanol–water partition coefficient (Wildman–Crippen LogP) is 3.25. The Labute approximate surface area is 95.7 Å². The molecule has 0 atom stereocenters. The lowest BCUT2D eigenvalue weighted by Crippen LogP contribution is -1.95. The van der Waals surface area contributed by atoms with Crippen LogP contribution in [0, 0.1) is 6.92 Å². The number of rotatable bonds is 3. The number of hydrogen-bond acceptors (Lipinski definition) is 2. The van der Waals surface area contributed by atoms with E-state index >= 15 is 0 Å². The molecule has 2 heteroatoms. The van der Waals surface area contributed by atoms with Crippen LogP contribution in [0.1, 0.15) is 11.1 Å². The van der Waals surface area contributed by atoms with Gasteiger partial charge in [0.2, 0.25) is 0 Å². The van der Waals surface area contributed by atoms with Crippen molar-refractivity contribution in [1.29, 1.82) is 0 Å². The first kappa shape index (κ1) is 10.7. The Morgan fingerprint density at radius 3 is 2.31 bits per heavy atom. The molecule has 0 aliphatic carbocycles. The Morgan fingerprint density at radius 2 is 1.69 bits per heavy atom. The van der Waals surface area contributed by atoms with Crippen molar-refractivity contribution in [2.75, 3.05) is 0 Å². The first-order valence-electron chi connectivity index (χ1n) is 5.32. The highest BCUT2D eigenvalue weighted by Gasteiger charge is 1.99. The van der Waals surface area contributed by atoms with Crippen molar-refractivity contribution in [3.63, 3.8) is 0 Å². The average Bonchev–Trinajstić information content (AvgIpc) is 2.33. The van der Waals surface area contributed by atoms with Gasteiger partial charge >= 0.3 is 0 Å². The van der Waals surface area contributed by atoms with E-state index in [1.165, 1.54) is 0 Å². The van der Waals surface area contributed by atoms with E-state index in [1.54, 1.807) is 0 Å². The third kappa shape index (κ3) is 2.41. The summed E-state index contributed by atoms with van der Waals surface area (Å²) >= 11 is 0. The molecular formula is C14H15NO. The maximum absolute atomic E-state index is 5.77. The average molecular weight is 213 g/mol. The number of nitrogens with two attached hydrogens (primary N) is 1. The fourth-order valence-electron chi connectivity index (χ4n) is 1.49. The van der Waals surface area contributed by atoms with E-state index in [0.717, 1.165) is 22.6 Å². The highest BCUT2D eigenvalue weighted by Crippen LogP contribution is 2.24. The smallest absolute Gasteiger partial charge is 0.130 e. The molecule has 0 radical (unpaired) electrons. The van der Waals surface area contributed by atoms with Crippen LogP contribution >= 0.6 is 0 Å². The molecule has 0 unspecified atom stereocenters. The Balaban J connectivity index is 2.18. The molecule has 2 rings (SSSR count). The summed E-state index contributed by atoms with van der Waals surface area (Å²) in [6.45, 7) is 2.59. The van der Waals surface area contributed by atoms with Crippen LogP contribution in [0.4, 0.5) is 0 Å². The molecular weight excluding hydrogens is 198 g/mol. The molecule has 82 valence electrons. The Morgan fingerprint density at radius 1 is 1.00 bits per heavy atom. The topological polar surface area (TPSA) is 35.2 Å². The van der Waals surface area contributed by atoms with Crippen molar-refractivity contribution < 1.29 is 4.74 Å². The monoisotopic (exact) mass is 213 g/mol. The summed E-state index contributed by atoms with van der Waals surface area (Å²) in [6.07, 6.45) is 0. The van der Waals surface area contributed by atoms with Gasteiger partial charge in [-0.15, -0.1) is 0 Å². The zero-order chi connectivity index (χ0) is 11.4. The SMILES string of the molecule is Cc1ccccc1Oc1ccc(CN)cc1. The molecule has 0 bridgehead atoms. The lowest BCUT2D eigenvalue weighted by Gasteiger charge is -2.08. The number of hydrogen-bond donors (Lipinski definition) is 1. The molecule has 2 aromatic rings. The van der Waals surface area contributed by atoms with Crippen LogP contribution in [0.5, 0.6) is 11.5 Å². The summed E-state index contributed by atoms with van der Waals surface area (Å²) in [6, 6.07) is 15.8. The molecule has 0 aliphatic rings. The Kier molecular flexibility index (Phi) is 3.22. The Hall–Kier alpha value is -1.80. The molecule has 0 aliphatic heterocycles.